The molecule has 0 aromatic carbocycles. The van der Waals surface area contributed by atoms with Crippen molar-refractivity contribution in [1.29, 1.82) is 0 Å². The number of rotatable bonds is 8. The molecule has 0 amide bonds. The molecule has 2 heterocycles. The van der Waals surface area contributed by atoms with Gasteiger partial charge >= 0.3 is 0 Å². The van der Waals surface area contributed by atoms with Crippen molar-refractivity contribution < 1.29 is 19.1 Å². The predicted molar refractivity (Wildman–Crippen MR) is 96.7 cm³/mol. The van der Waals surface area contributed by atoms with Crippen LogP contribution in [-0.2, 0) is 19.1 Å². The van der Waals surface area contributed by atoms with E-state index in [4.69, 9.17) is 9.47 Å². The molecular formula is C18H28N4O4. The van der Waals surface area contributed by atoms with E-state index in [1.807, 2.05) is 0 Å². The Morgan fingerprint density at radius 2 is 1.12 bits per heavy atom. The summed E-state index contributed by atoms with van der Waals surface area (Å²) >= 11 is 0. The summed E-state index contributed by atoms with van der Waals surface area (Å²) in [6.07, 6.45) is 2.80. The normalized spacial score (nSPS) is 22.8. The fourth-order valence-corrected chi connectivity index (χ4v) is 3.18. The summed E-state index contributed by atoms with van der Waals surface area (Å²) in [6, 6.07) is 0. The van der Waals surface area contributed by atoms with Crippen LogP contribution in [0.5, 0.6) is 0 Å². The van der Waals surface area contributed by atoms with Gasteiger partial charge in [0.15, 0.2) is 0 Å². The standard InChI is InChI=1S/C18H28N4O4/c23-17-14-16(20-2-4-22-7-11-26-12-8-22)18(24)13-15(17)19-1-3-21-5-9-25-10-6-21/h13-14,19-20H,1-12H2. The fourth-order valence-electron chi connectivity index (χ4n) is 3.18. The minimum Gasteiger partial charge on any atom is -0.380 e. The highest BCUT2D eigenvalue weighted by molar-refractivity contribution is 6.19. The van der Waals surface area contributed by atoms with Gasteiger partial charge in [0.1, 0.15) is 0 Å². The lowest BCUT2D eigenvalue weighted by atomic mass is 10.1. The van der Waals surface area contributed by atoms with Crippen molar-refractivity contribution in [1.82, 2.24) is 20.4 Å². The zero-order chi connectivity index (χ0) is 18.2. The van der Waals surface area contributed by atoms with Crippen molar-refractivity contribution in [2.45, 2.75) is 0 Å². The molecule has 0 radical (unpaired) electrons. The van der Waals surface area contributed by atoms with Gasteiger partial charge in [0.2, 0.25) is 11.6 Å². The van der Waals surface area contributed by atoms with Crippen molar-refractivity contribution in [3.63, 3.8) is 0 Å². The summed E-state index contributed by atoms with van der Waals surface area (Å²) in [5, 5.41) is 6.18. The molecule has 26 heavy (non-hydrogen) atoms. The first-order valence-corrected chi connectivity index (χ1v) is 9.32. The molecule has 0 spiro atoms. The number of nitrogens with one attached hydrogen (secondary N) is 2. The molecule has 1 aliphatic carbocycles. The molecule has 0 bridgehead atoms. The molecule has 0 saturated carbocycles. The zero-order valence-electron chi connectivity index (χ0n) is 15.2. The van der Waals surface area contributed by atoms with Crippen LogP contribution in [0.1, 0.15) is 0 Å². The molecule has 3 rings (SSSR count). The van der Waals surface area contributed by atoms with E-state index in [0.29, 0.717) is 24.5 Å². The highest BCUT2D eigenvalue weighted by Crippen LogP contribution is 2.08. The maximum Gasteiger partial charge on any atom is 0.203 e. The summed E-state index contributed by atoms with van der Waals surface area (Å²) in [6.45, 7) is 9.57. The lowest BCUT2D eigenvalue weighted by Gasteiger charge is -2.27. The minimum absolute atomic E-state index is 0.152. The van der Waals surface area contributed by atoms with Gasteiger partial charge in [-0.2, -0.15) is 0 Å². The molecular weight excluding hydrogens is 336 g/mol. The Balaban J connectivity index is 1.38. The number of hydrogen-bond donors (Lipinski definition) is 2. The largest absolute Gasteiger partial charge is 0.380 e. The smallest absolute Gasteiger partial charge is 0.203 e. The van der Waals surface area contributed by atoms with Gasteiger partial charge in [-0.3, -0.25) is 19.4 Å². The van der Waals surface area contributed by atoms with Crippen molar-refractivity contribution in [2.75, 3.05) is 78.8 Å². The van der Waals surface area contributed by atoms with E-state index in [2.05, 4.69) is 20.4 Å². The summed E-state index contributed by atoms with van der Waals surface area (Å²) in [4.78, 5) is 29.0. The molecule has 0 aromatic rings. The topological polar surface area (TPSA) is 83.1 Å². The van der Waals surface area contributed by atoms with E-state index < -0.39 is 0 Å². The van der Waals surface area contributed by atoms with Crippen LogP contribution in [-0.4, -0.2) is 100 Å². The Morgan fingerprint density at radius 1 is 0.731 bits per heavy atom. The molecule has 8 nitrogen and oxygen atoms in total. The molecule has 0 unspecified atom stereocenters. The van der Waals surface area contributed by atoms with Gasteiger partial charge in [0.05, 0.1) is 37.8 Å². The number of ketones is 2. The first kappa shape index (κ1) is 19.0. The van der Waals surface area contributed by atoms with Crippen LogP contribution in [0, 0.1) is 0 Å². The molecule has 2 aliphatic heterocycles. The molecule has 2 N–H and O–H groups in total. The van der Waals surface area contributed by atoms with Gasteiger partial charge in [-0.25, -0.2) is 0 Å². The quantitative estimate of drug-likeness (QED) is 0.517. The Morgan fingerprint density at radius 3 is 1.50 bits per heavy atom. The summed E-state index contributed by atoms with van der Waals surface area (Å²) < 4.78 is 10.6. The van der Waals surface area contributed by atoms with E-state index in [-0.39, 0.29) is 11.6 Å². The number of carbonyl (C=O) groups excluding carboxylic acids is 2. The highest BCUT2D eigenvalue weighted by Gasteiger charge is 2.20. The second-order valence-electron chi connectivity index (χ2n) is 6.61. The third-order valence-corrected chi connectivity index (χ3v) is 4.78. The van der Waals surface area contributed by atoms with E-state index in [9.17, 15) is 9.59 Å². The predicted octanol–water partition coefficient (Wildman–Crippen LogP) is -1.25. The SMILES string of the molecule is O=C1C=C(NCCN2CCOCC2)C(=O)C=C1NCCN1CCOCC1. The average molecular weight is 364 g/mol. The highest BCUT2D eigenvalue weighted by atomic mass is 16.5. The lowest BCUT2D eigenvalue weighted by Crippen LogP contribution is -2.41. The van der Waals surface area contributed by atoms with Crippen LogP contribution < -0.4 is 10.6 Å². The summed E-state index contributed by atoms with van der Waals surface area (Å²) in [7, 11) is 0. The Hall–Kier alpha value is -1.74. The molecule has 8 heteroatoms. The Labute approximate surface area is 154 Å². The number of ether oxygens (including phenoxy) is 2. The number of morpholine rings is 2. The van der Waals surface area contributed by atoms with Crippen LogP contribution in [0.15, 0.2) is 23.5 Å². The summed E-state index contributed by atoms with van der Waals surface area (Å²) in [5.74, 6) is -0.305. The molecule has 0 aromatic heterocycles. The Bertz CT molecular complexity index is 514. The molecule has 3 aliphatic rings. The molecule has 2 saturated heterocycles. The maximum absolute atomic E-state index is 12.2. The van der Waals surface area contributed by atoms with Crippen molar-refractivity contribution in [2.24, 2.45) is 0 Å². The summed E-state index contributed by atoms with van der Waals surface area (Å²) in [5.41, 5.74) is 0.754. The minimum atomic E-state index is -0.152. The van der Waals surface area contributed by atoms with E-state index in [0.717, 1.165) is 65.7 Å². The third-order valence-electron chi connectivity index (χ3n) is 4.78. The van der Waals surface area contributed by atoms with E-state index in [1.165, 1.54) is 12.2 Å². The second-order valence-corrected chi connectivity index (χ2v) is 6.61. The first-order chi connectivity index (χ1) is 12.7. The third kappa shape index (κ3) is 5.63. The van der Waals surface area contributed by atoms with Crippen molar-refractivity contribution in [3.8, 4) is 0 Å². The van der Waals surface area contributed by atoms with Gasteiger partial charge in [0, 0.05) is 64.5 Å². The number of hydrogen-bond acceptors (Lipinski definition) is 8. The zero-order valence-corrected chi connectivity index (χ0v) is 15.2. The monoisotopic (exact) mass is 364 g/mol. The first-order valence-electron chi connectivity index (χ1n) is 9.32. The van der Waals surface area contributed by atoms with Crippen molar-refractivity contribution in [3.05, 3.63) is 23.5 Å². The van der Waals surface area contributed by atoms with Crippen LogP contribution >= 0.6 is 0 Å². The number of allylic oxidation sites excluding steroid dienone is 2. The van der Waals surface area contributed by atoms with E-state index >= 15 is 0 Å². The second kappa shape index (κ2) is 9.82. The lowest BCUT2D eigenvalue weighted by molar-refractivity contribution is -0.115. The number of nitrogens with zero attached hydrogens (tertiary/aromatic N) is 2. The van der Waals surface area contributed by atoms with Gasteiger partial charge < -0.3 is 20.1 Å². The van der Waals surface area contributed by atoms with Crippen LogP contribution in [0.25, 0.3) is 0 Å². The van der Waals surface area contributed by atoms with Crippen LogP contribution in [0.3, 0.4) is 0 Å². The fraction of sp³-hybridized carbons (Fsp3) is 0.667. The van der Waals surface area contributed by atoms with Gasteiger partial charge in [-0.15, -0.1) is 0 Å². The maximum atomic E-state index is 12.2. The van der Waals surface area contributed by atoms with Gasteiger partial charge in [-0.1, -0.05) is 0 Å². The molecule has 144 valence electrons. The average Bonchev–Trinajstić information content (AvgIpc) is 2.67. The molecule has 2 fully saturated rings. The van der Waals surface area contributed by atoms with Gasteiger partial charge in [0.25, 0.3) is 0 Å². The van der Waals surface area contributed by atoms with Crippen LogP contribution in [0.4, 0.5) is 0 Å². The van der Waals surface area contributed by atoms with E-state index in [1.54, 1.807) is 0 Å². The van der Waals surface area contributed by atoms with Crippen LogP contribution in [0.2, 0.25) is 0 Å². The Kier molecular flexibility index (Phi) is 7.19. The van der Waals surface area contributed by atoms with Gasteiger partial charge in [-0.05, 0) is 0 Å². The van der Waals surface area contributed by atoms with Crippen molar-refractivity contribution >= 4 is 11.6 Å². The number of carbonyl (C=O) groups is 2. The molecule has 0 atom stereocenters.